The molecule has 0 amide bonds. The fraction of sp³-hybridized carbons (Fsp3) is 0.800. The van der Waals surface area contributed by atoms with Crippen molar-refractivity contribution in [3.63, 3.8) is 0 Å². The van der Waals surface area contributed by atoms with Gasteiger partial charge in [0.25, 0.3) is 0 Å². The summed E-state index contributed by atoms with van der Waals surface area (Å²) in [6.45, 7) is 4.21. The van der Waals surface area contributed by atoms with Gasteiger partial charge >= 0.3 is 5.97 Å². The van der Waals surface area contributed by atoms with Crippen molar-refractivity contribution in [3.05, 3.63) is 11.6 Å². The number of carboxylic acid groups (broad SMARTS) is 1. The first-order valence-corrected chi connectivity index (χ1v) is 7.14. The Hall–Kier alpha value is -0.790. The average Bonchev–Trinajstić information content (AvgIpc) is 2.31. The molecule has 0 atom stereocenters. The zero-order valence-electron chi connectivity index (χ0n) is 11.5. The van der Waals surface area contributed by atoms with Gasteiger partial charge < -0.3 is 5.11 Å². The molecule has 2 nitrogen and oxygen atoms in total. The Morgan fingerprint density at radius 2 is 1.47 bits per heavy atom. The smallest absolute Gasteiger partial charge is 0.331 e. The van der Waals surface area contributed by atoms with Crippen LogP contribution in [0.4, 0.5) is 0 Å². The van der Waals surface area contributed by atoms with E-state index in [0.29, 0.717) is 5.57 Å². The first kappa shape index (κ1) is 16.2. The zero-order valence-corrected chi connectivity index (χ0v) is 11.5. The highest BCUT2D eigenvalue weighted by Gasteiger charge is 2.05. The number of unbranched alkanes of at least 4 members (excludes halogenated alkanes) is 7. The molecule has 1 N–H and O–H groups in total. The number of aliphatic carboxylic acids is 1. The van der Waals surface area contributed by atoms with Gasteiger partial charge in [-0.05, 0) is 19.3 Å². The molecule has 0 aromatic carbocycles. The van der Waals surface area contributed by atoms with Crippen LogP contribution in [0.1, 0.15) is 78.1 Å². The lowest BCUT2D eigenvalue weighted by atomic mass is 10.0. The van der Waals surface area contributed by atoms with Crippen LogP contribution in [0.15, 0.2) is 11.6 Å². The van der Waals surface area contributed by atoms with E-state index in [1.807, 2.05) is 13.0 Å². The molecule has 0 bridgehead atoms. The second-order valence-electron chi connectivity index (χ2n) is 4.67. The molecule has 17 heavy (non-hydrogen) atoms. The fourth-order valence-electron chi connectivity index (χ4n) is 1.99. The van der Waals surface area contributed by atoms with Crippen LogP contribution in [0.2, 0.25) is 0 Å². The molecule has 0 aromatic rings. The summed E-state index contributed by atoms with van der Waals surface area (Å²) >= 11 is 0. The van der Waals surface area contributed by atoms with Gasteiger partial charge in [-0.15, -0.1) is 0 Å². The lowest BCUT2D eigenvalue weighted by Crippen LogP contribution is -2.00. The van der Waals surface area contributed by atoms with Gasteiger partial charge in [-0.25, -0.2) is 4.79 Å². The van der Waals surface area contributed by atoms with E-state index in [9.17, 15) is 4.79 Å². The van der Waals surface area contributed by atoms with Crippen LogP contribution in [0.5, 0.6) is 0 Å². The third-order valence-electron chi connectivity index (χ3n) is 3.02. The number of hydrogen-bond acceptors (Lipinski definition) is 1. The van der Waals surface area contributed by atoms with Gasteiger partial charge in [0.15, 0.2) is 0 Å². The second kappa shape index (κ2) is 11.7. The van der Waals surface area contributed by atoms with Gasteiger partial charge in [0.1, 0.15) is 0 Å². The minimum Gasteiger partial charge on any atom is -0.478 e. The van der Waals surface area contributed by atoms with Crippen LogP contribution in [0.3, 0.4) is 0 Å². The molecule has 0 rings (SSSR count). The van der Waals surface area contributed by atoms with Crippen molar-refractivity contribution in [2.75, 3.05) is 0 Å². The molecule has 0 heterocycles. The predicted molar refractivity (Wildman–Crippen MR) is 73.2 cm³/mol. The molecule has 0 saturated heterocycles. The maximum Gasteiger partial charge on any atom is 0.331 e. The van der Waals surface area contributed by atoms with E-state index in [1.54, 1.807) is 0 Å². The van der Waals surface area contributed by atoms with Crippen LogP contribution in [-0.2, 0) is 4.79 Å². The molecule has 0 saturated carbocycles. The van der Waals surface area contributed by atoms with Crippen LogP contribution < -0.4 is 0 Å². The molecule has 0 aromatic heterocycles. The van der Waals surface area contributed by atoms with E-state index in [2.05, 4.69) is 6.92 Å². The van der Waals surface area contributed by atoms with E-state index in [4.69, 9.17) is 5.11 Å². The van der Waals surface area contributed by atoms with E-state index in [1.165, 1.54) is 44.9 Å². The molecular formula is C15H28O2. The van der Waals surface area contributed by atoms with Crippen molar-refractivity contribution in [3.8, 4) is 0 Å². The SMILES string of the molecule is CCC=C(CCCCCCCCCC)C(=O)O. The first-order chi connectivity index (χ1) is 8.22. The first-order valence-electron chi connectivity index (χ1n) is 7.14. The lowest BCUT2D eigenvalue weighted by Gasteiger charge is -2.03. The molecule has 0 unspecified atom stereocenters. The van der Waals surface area contributed by atoms with Gasteiger partial charge in [0.05, 0.1) is 0 Å². The Morgan fingerprint density at radius 1 is 0.941 bits per heavy atom. The van der Waals surface area contributed by atoms with Gasteiger partial charge in [0, 0.05) is 5.57 Å². The van der Waals surface area contributed by atoms with Crippen molar-refractivity contribution in [2.45, 2.75) is 78.1 Å². The molecule has 0 fully saturated rings. The number of rotatable bonds is 11. The Labute approximate surface area is 106 Å². The van der Waals surface area contributed by atoms with Crippen LogP contribution in [0, 0.1) is 0 Å². The largest absolute Gasteiger partial charge is 0.478 e. The maximum absolute atomic E-state index is 10.9. The van der Waals surface area contributed by atoms with E-state index < -0.39 is 5.97 Å². The summed E-state index contributed by atoms with van der Waals surface area (Å²) in [7, 11) is 0. The van der Waals surface area contributed by atoms with Crippen molar-refractivity contribution in [2.24, 2.45) is 0 Å². The predicted octanol–water partition coefficient (Wildman–Crippen LogP) is 4.94. The Morgan fingerprint density at radius 3 is 1.94 bits per heavy atom. The van der Waals surface area contributed by atoms with Crippen molar-refractivity contribution >= 4 is 5.97 Å². The van der Waals surface area contributed by atoms with E-state index in [0.717, 1.165) is 19.3 Å². The quantitative estimate of drug-likeness (QED) is 0.410. The monoisotopic (exact) mass is 240 g/mol. The molecule has 100 valence electrons. The summed E-state index contributed by atoms with van der Waals surface area (Å²) in [6, 6.07) is 0. The Kier molecular flexibility index (Phi) is 11.1. The van der Waals surface area contributed by atoms with E-state index in [-0.39, 0.29) is 0 Å². The summed E-state index contributed by atoms with van der Waals surface area (Å²) in [4.78, 5) is 10.9. The summed E-state index contributed by atoms with van der Waals surface area (Å²) in [5, 5.41) is 8.94. The Balaban J connectivity index is 3.43. The summed E-state index contributed by atoms with van der Waals surface area (Å²) in [6.07, 6.45) is 13.5. The zero-order chi connectivity index (χ0) is 12.9. The number of carbonyl (C=O) groups is 1. The molecular weight excluding hydrogens is 212 g/mol. The summed E-state index contributed by atoms with van der Waals surface area (Å²) in [5.41, 5.74) is 0.596. The third-order valence-corrected chi connectivity index (χ3v) is 3.02. The van der Waals surface area contributed by atoms with Gasteiger partial charge in [0.2, 0.25) is 0 Å². The summed E-state index contributed by atoms with van der Waals surface area (Å²) in [5.74, 6) is -0.741. The fourth-order valence-corrected chi connectivity index (χ4v) is 1.99. The number of hydrogen-bond donors (Lipinski definition) is 1. The van der Waals surface area contributed by atoms with Gasteiger partial charge in [-0.3, -0.25) is 0 Å². The van der Waals surface area contributed by atoms with Crippen LogP contribution in [0.25, 0.3) is 0 Å². The standard InChI is InChI=1S/C15H28O2/c1-3-5-6-7-8-9-10-11-13-14(12-4-2)15(16)17/h12H,3-11,13H2,1-2H3,(H,16,17). The average molecular weight is 240 g/mol. The highest BCUT2D eigenvalue weighted by molar-refractivity contribution is 5.86. The normalized spacial score (nSPS) is 11.8. The lowest BCUT2D eigenvalue weighted by molar-refractivity contribution is -0.132. The van der Waals surface area contributed by atoms with E-state index >= 15 is 0 Å². The number of carboxylic acids is 1. The van der Waals surface area contributed by atoms with Crippen molar-refractivity contribution in [1.82, 2.24) is 0 Å². The van der Waals surface area contributed by atoms with Crippen LogP contribution in [-0.4, -0.2) is 11.1 Å². The minimum atomic E-state index is -0.741. The number of allylic oxidation sites excluding steroid dienone is 1. The molecule has 0 aliphatic heterocycles. The highest BCUT2D eigenvalue weighted by atomic mass is 16.4. The van der Waals surface area contributed by atoms with Crippen LogP contribution >= 0.6 is 0 Å². The van der Waals surface area contributed by atoms with Crippen molar-refractivity contribution in [1.29, 1.82) is 0 Å². The van der Waals surface area contributed by atoms with Gasteiger partial charge in [-0.2, -0.15) is 0 Å². The van der Waals surface area contributed by atoms with Gasteiger partial charge in [-0.1, -0.05) is 64.9 Å². The second-order valence-corrected chi connectivity index (χ2v) is 4.67. The minimum absolute atomic E-state index is 0.596. The molecule has 0 spiro atoms. The topological polar surface area (TPSA) is 37.3 Å². The Bertz CT molecular complexity index is 219. The molecule has 0 radical (unpaired) electrons. The highest BCUT2D eigenvalue weighted by Crippen LogP contribution is 2.13. The molecule has 0 aliphatic carbocycles. The summed E-state index contributed by atoms with van der Waals surface area (Å²) < 4.78 is 0. The maximum atomic E-state index is 10.9. The molecule has 0 aliphatic rings. The molecule has 2 heteroatoms. The third kappa shape index (κ3) is 10.1. The van der Waals surface area contributed by atoms with Crippen molar-refractivity contribution < 1.29 is 9.90 Å².